The van der Waals surface area contributed by atoms with Crippen LogP contribution >= 0.6 is 0 Å². The summed E-state index contributed by atoms with van der Waals surface area (Å²) in [4.78, 5) is 4.11. The molecule has 2 aliphatic rings. The fraction of sp³-hybridized carbons (Fsp3) is 0.625. The van der Waals surface area contributed by atoms with Crippen molar-refractivity contribution in [3.8, 4) is 0 Å². The van der Waals surface area contributed by atoms with Crippen LogP contribution in [0.5, 0.6) is 0 Å². The maximum Gasteiger partial charge on any atom is 0.0226 e. The Morgan fingerprint density at radius 3 is 3.11 bits per heavy atom. The van der Waals surface area contributed by atoms with E-state index in [1.165, 1.54) is 19.3 Å². The van der Waals surface area contributed by atoms with Gasteiger partial charge < -0.3 is 0 Å². The summed E-state index contributed by atoms with van der Waals surface area (Å²) in [6, 6.07) is 0. The maximum atomic E-state index is 4.11. The Morgan fingerprint density at radius 2 is 2.33 bits per heavy atom. The lowest BCUT2D eigenvalue weighted by Crippen LogP contribution is -2.23. The number of aliphatic imine (C=N–C) groups is 1. The molecule has 2 rings (SSSR count). The second-order valence-electron chi connectivity index (χ2n) is 2.91. The molecule has 0 bridgehead atoms. The van der Waals surface area contributed by atoms with Crippen LogP contribution in [0, 0.1) is 11.8 Å². The van der Waals surface area contributed by atoms with E-state index in [0.717, 1.165) is 11.8 Å². The topological polar surface area (TPSA) is 12.4 Å². The Hall–Kier alpha value is -0.590. The van der Waals surface area contributed by atoms with E-state index in [1.807, 2.05) is 12.4 Å². The summed E-state index contributed by atoms with van der Waals surface area (Å²) in [6.45, 7) is 0. The molecule has 0 radical (unpaired) electrons. The van der Waals surface area contributed by atoms with Crippen molar-refractivity contribution in [2.45, 2.75) is 19.3 Å². The Morgan fingerprint density at radius 1 is 1.33 bits per heavy atom. The minimum atomic E-state index is 0.868. The molecule has 1 saturated carbocycles. The van der Waals surface area contributed by atoms with Gasteiger partial charge >= 0.3 is 0 Å². The van der Waals surface area contributed by atoms with E-state index in [1.54, 1.807) is 0 Å². The average Bonchev–Trinajstić information content (AvgIpc) is 1.94. The van der Waals surface area contributed by atoms with E-state index in [2.05, 4.69) is 11.1 Å². The molecule has 2 unspecified atom stereocenters. The van der Waals surface area contributed by atoms with Gasteiger partial charge in [-0.3, -0.25) is 4.99 Å². The first-order chi connectivity index (χ1) is 4.47. The summed E-state index contributed by atoms with van der Waals surface area (Å²) in [6.07, 6.45) is 10.3. The fourth-order valence-electron chi connectivity index (χ4n) is 1.56. The number of hydrogen-bond acceptors (Lipinski definition) is 1. The molecule has 1 heteroatoms. The van der Waals surface area contributed by atoms with Crippen LogP contribution in [0.1, 0.15) is 19.3 Å². The zero-order valence-electron chi connectivity index (χ0n) is 5.46. The van der Waals surface area contributed by atoms with Gasteiger partial charge in [-0.15, -0.1) is 0 Å². The quantitative estimate of drug-likeness (QED) is 0.465. The molecule has 0 spiro atoms. The highest BCUT2D eigenvalue weighted by molar-refractivity contribution is 5.59. The van der Waals surface area contributed by atoms with Gasteiger partial charge in [-0.2, -0.15) is 0 Å². The van der Waals surface area contributed by atoms with Crippen LogP contribution in [0.2, 0.25) is 0 Å². The number of rotatable bonds is 0. The number of allylic oxidation sites excluding steroid dienone is 1. The third-order valence-corrected chi connectivity index (χ3v) is 2.41. The van der Waals surface area contributed by atoms with Crippen LogP contribution in [-0.2, 0) is 0 Å². The van der Waals surface area contributed by atoms with Crippen LogP contribution in [0.25, 0.3) is 0 Å². The zero-order chi connectivity index (χ0) is 6.10. The molecule has 1 heterocycles. The summed E-state index contributed by atoms with van der Waals surface area (Å²) >= 11 is 0. The Bertz CT molecular complexity index is 158. The van der Waals surface area contributed by atoms with Gasteiger partial charge in [0.2, 0.25) is 0 Å². The van der Waals surface area contributed by atoms with Gasteiger partial charge in [-0.25, -0.2) is 0 Å². The first-order valence-corrected chi connectivity index (χ1v) is 3.65. The van der Waals surface area contributed by atoms with Gasteiger partial charge in [-0.1, -0.05) is 6.08 Å². The van der Waals surface area contributed by atoms with Gasteiger partial charge in [0, 0.05) is 12.4 Å². The van der Waals surface area contributed by atoms with Crippen molar-refractivity contribution in [2.24, 2.45) is 16.8 Å². The first kappa shape index (κ1) is 5.21. The highest BCUT2D eigenvalue weighted by Gasteiger charge is 2.27. The zero-order valence-corrected chi connectivity index (χ0v) is 5.46. The van der Waals surface area contributed by atoms with Gasteiger partial charge in [0.15, 0.2) is 0 Å². The van der Waals surface area contributed by atoms with E-state index in [0.29, 0.717) is 0 Å². The van der Waals surface area contributed by atoms with Crippen molar-refractivity contribution in [1.82, 2.24) is 0 Å². The van der Waals surface area contributed by atoms with Crippen molar-refractivity contribution in [3.05, 3.63) is 12.3 Å². The summed E-state index contributed by atoms with van der Waals surface area (Å²) in [5.74, 6) is 1.81. The first-order valence-electron chi connectivity index (χ1n) is 3.65. The van der Waals surface area contributed by atoms with E-state index in [4.69, 9.17) is 0 Å². The summed E-state index contributed by atoms with van der Waals surface area (Å²) < 4.78 is 0. The predicted octanol–water partition coefficient (Wildman–Crippen LogP) is 2.00. The molecular weight excluding hydrogens is 110 g/mol. The fourth-order valence-corrected chi connectivity index (χ4v) is 1.56. The number of fused-ring (bicyclic) bond motifs is 1. The van der Waals surface area contributed by atoms with E-state index in [9.17, 15) is 0 Å². The Labute approximate surface area is 55.5 Å². The van der Waals surface area contributed by atoms with Gasteiger partial charge in [0.25, 0.3) is 0 Å². The third kappa shape index (κ3) is 0.805. The summed E-state index contributed by atoms with van der Waals surface area (Å²) in [5.41, 5.74) is 0. The Balaban J connectivity index is 2.10. The SMILES string of the molecule is C1=CC2CCC2CC=N1. The standard InChI is InChI=1S/C8H11N/c1-2-8-4-6-9-5-3-7(1)8/h3,5-8H,1-2,4H2. The van der Waals surface area contributed by atoms with Gasteiger partial charge in [0.05, 0.1) is 0 Å². The molecule has 0 aromatic heterocycles. The summed E-state index contributed by atoms with van der Waals surface area (Å²) in [5, 5.41) is 0. The van der Waals surface area contributed by atoms with Crippen molar-refractivity contribution in [3.63, 3.8) is 0 Å². The highest BCUT2D eigenvalue weighted by Crippen LogP contribution is 2.37. The molecule has 0 saturated heterocycles. The normalized spacial score (nSPS) is 39.1. The summed E-state index contributed by atoms with van der Waals surface area (Å²) in [7, 11) is 0. The smallest absolute Gasteiger partial charge is 0.0226 e. The molecule has 0 amide bonds. The average molecular weight is 121 g/mol. The third-order valence-electron chi connectivity index (χ3n) is 2.41. The molecule has 0 aromatic rings. The van der Waals surface area contributed by atoms with Crippen LogP contribution < -0.4 is 0 Å². The molecule has 1 aliphatic carbocycles. The lowest BCUT2D eigenvalue weighted by atomic mass is 9.72. The number of nitrogens with zero attached hydrogens (tertiary/aromatic N) is 1. The molecule has 1 nitrogen and oxygen atoms in total. The minimum absolute atomic E-state index is 0.868. The van der Waals surface area contributed by atoms with E-state index in [-0.39, 0.29) is 0 Å². The molecule has 0 N–H and O–H groups in total. The van der Waals surface area contributed by atoms with E-state index < -0.39 is 0 Å². The molecule has 0 aromatic carbocycles. The second kappa shape index (κ2) is 1.98. The van der Waals surface area contributed by atoms with Crippen LogP contribution in [0.3, 0.4) is 0 Å². The molecule has 9 heavy (non-hydrogen) atoms. The van der Waals surface area contributed by atoms with Crippen molar-refractivity contribution >= 4 is 6.21 Å². The van der Waals surface area contributed by atoms with E-state index >= 15 is 0 Å². The lowest BCUT2D eigenvalue weighted by molar-refractivity contribution is 0.238. The van der Waals surface area contributed by atoms with Crippen molar-refractivity contribution < 1.29 is 0 Å². The van der Waals surface area contributed by atoms with Gasteiger partial charge in [0.1, 0.15) is 0 Å². The molecule has 2 atom stereocenters. The number of hydrogen-bond donors (Lipinski definition) is 0. The molecule has 1 fully saturated rings. The highest BCUT2D eigenvalue weighted by atomic mass is 14.7. The monoisotopic (exact) mass is 121 g/mol. The molecule has 1 aliphatic heterocycles. The predicted molar refractivity (Wildman–Crippen MR) is 38.5 cm³/mol. The molecule has 48 valence electrons. The van der Waals surface area contributed by atoms with Crippen LogP contribution in [0.4, 0.5) is 0 Å². The lowest BCUT2D eigenvalue weighted by Gasteiger charge is -2.32. The van der Waals surface area contributed by atoms with Crippen LogP contribution in [-0.4, -0.2) is 6.21 Å². The Kier molecular flexibility index (Phi) is 1.15. The van der Waals surface area contributed by atoms with Crippen molar-refractivity contribution in [1.29, 1.82) is 0 Å². The van der Waals surface area contributed by atoms with Crippen molar-refractivity contribution in [2.75, 3.05) is 0 Å². The van der Waals surface area contributed by atoms with Gasteiger partial charge in [-0.05, 0) is 31.1 Å². The van der Waals surface area contributed by atoms with Crippen LogP contribution in [0.15, 0.2) is 17.3 Å². The second-order valence-corrected chi connectivity index (χ2v) is 2.91. The maximum absolute atomic E-state index is 4.11. The largest absolute Gasteiger partial charge is 0.269 e. The molecular formula is C8H11N. The minimum Gasteiger partial charge on any atom is -0.269 e.